The lowest BCUT2D eigenvalue weighted by atomic mass is 10.0. The van der Waals surface area contributed by atoms with Gasteiger partial charge in [-0.05, 0) is 36.2 Å². The lowest BCUT2D eigenvalue weighted by Gasteiger charge is -2.12. The van der Waals surface area contributed by atoms with Crippen LogP contribution in [0.15, 0.2) is 40.7 Å². The van der Waals surface area contributed by atoms with E-state index >= 15 is 0 Å². The molecule has 2 aromatic rings. The van der Waals surface area contributed by atoms with Crippen LogP contribution in [0.2, 0.25) is 0 Å². The van der Waals surface area contributed by atoms with Gasteiger partial charge in [-0.25, -0.2) is 11.1 Å². The number of ether oxygens (including phenoxy) is 2. The van der Waals surface area contributed by atoms with Crippen molar-refractivity contribution in [3.05, 3.63) is 41.6 Å². The van der Waals surface area contributed by atoms with Gasteiger partial charge in [-0.1, -0.05) is 6.92 Å². The molecule has 7 nitrogen and oxygen atoms in total. The third-order valence-electron chi connectivity index (χ3n) is 3.62. The molecule has 1 aliphatic rings. The molecule has 2 heterocycles. The summed E-state index contributed by atoms with van der Waals surface area (Å²) in [5, 5.41) is 6.64. The van der Waals surface area contributed by atoms with Crippen LogP contribution < -0.4 is 9.47 Å². The number of halogens is 2. The normalized spacial score (nSPS) is 15.8. The average Bonchev–Trinajstić information content (AvgIpc) is 2.88. The SMILES string of the molecule is CCc1cnc(-c2ccc3c(c2)OC(F)(F)O3)cc1C(N=N)N=N. The van der Waals surface area contributed by atoms with Gasteiger partial charge in [0.1, 0.15) is 0 Å². The van der Waals surface area contributed by atoms with Crippen molar-refractivity contribution in [3.63, 3.8) is 0 Å². The summed E-state index contributed by atoms with van der Waals surface area (Å²) in [5.74, 6) is -0.123. The molecule has 1 aliphatic heterocycles. The number of alkyl halides is 2. The molecule has 0 atom stereocenters. The molecule has 0 saturated carbocycles. The Kier molecular flexibility index (Phi) is 3.92. The standard InChI is InChI=1S/C15H13F2N5O2/c1-2-8-7-20-11(6-10(8)14(21-18)22-19)9-3-4-12-13(5-9)24-15(16,17)23-12/h3-7,14,18-19H,2H2,1H3. The van der Waals surface area contributed by atoms with Crippen molar-refractivity contribution in [3.8, 4) is 22.8 Å². The van der Waals surface area contributed by atoms with Gasteiger partial charge >= 0.3 is 6.29 Å². The van der Waals surface area contributed by atoms with Crippen LogP contribution in [0.5, 0.6) is 11.5 Å². The Bertz CT molecular complexity index is 804. The monoisotopic (exact) mass is 333 g/mol. The molecule has 1 aromatic heterocycles. The van der Waals surface area contributed by atoms with Crippen molar-refractivity contribution >= 4 is 0 Å². The molecule has 0 radical (unpaired) electrons. The number of pyridine rings is 1. The molecular formula is C15H13F2N5O2. The van der Waals surface area contributed by atoms with E-state index in [9.17, 15) is 8.78 Å². The third-order valence-corrected chi connectivity index (χ3v) is 3.62. The maximum absolute atomic E-state index is 13.1. The summed E-state index contributed by atoms with van der Waals surface area (Å²) in [6.07, 6.45) is -2.38. The van der Waals surface area contributed by atoms with Gasteiger partial charge in [-0.15, -0.1) is 8.78 Å². The fourth-order valence-corrected chi connectivity index (χ4v) is 2.47. The summed E-state index contributed by atoms with van der Waals surface area (Å²) in [6.45, 7) is 1.91. The van der Waals surface area contributed by atoms with Crippen molar-refractivity contribution in [2.75, 3.05) is 0 Å². The Morgan fingerprint density at radius 2 is 1.88 bits per heavy atom. The van der Waals surface area contributed by atoms with Crippen LogP contribution in [-0.4, -0.2) is 11.3 Å². The van der Waals surface area contributed by atoms with Gasteiger partial charge in [-0.3, -0.25) is 4.98 Å². The predicted octanol–water partition coefficient (Wildman–Crippen LogP) is 4.69. The van der Waals surface area contributed by atoms with Crippen LogP contribution in [0, 0.1) is 11.1 Å². The van der Waals surface area contributed by atoms with Crippen LogP contribution in [0.4, 0.5) is 8.78 Å². The van der Waals surface area contributed by atoms with Crippen molar-refractivity contribution in [1.29, 1.82) is 11.1 Å². The Morgan fingerprint density at radius 3 is 2.54 bits per heavy atom. The summed E-state index contributed by atoms with van der Waals surface area (Å²) in [7, 11) is 0. The Hall–Kier alpha value is -2.97. The van der Waals surface area contributed by atoms with Crippen LogP contribution >= 0.6 is 0 Å². The second kappa shape index (κ2) is 5.91. The lowest BCUT2D eigenvalue weighted by molar-refractivity contribution is -0.286. The van der Waals surface area contributed by atoms with E-state index in [1.807, 2.05) is 6.92 Å². The highest BCUT2D eigenvalue weighted by molar-refractivity contribution is 5.65. The molecule has 24 heavy (non-hydrogen) atoms. The van der Waals surface area contributed by atoms with E-state index < -0.39 is 12.5 Å². The maximum Gasteiger partial charge on any atom is 0.586 e. The van der Waals surface area contributed by atoms with E-state index in [4.69, 9.17) is 11.1 Å². The molecule has 0 amide bonds. The second-order valence-electron chi connectivity index (χ2n) is 5.08. The molecular weight excluding hydrogens is 320 g/mol. The van der Waals surface area contributed by atoms with Gasteiger partial charge in [0.05, 0.1) is 5.69 Å². The van der Waals surface area contributed by atoms with Gasteiger partial charge in [-0.2, -0.15) is 10.2 Å². The number of fused-ring (bicyclic) bond motifs is 1. The van der Waals surface area contributed by atoms with E-state index in [1.54, 1.807) is 18.3 Å². The minimum atomic E-state index is -3.68. The number of aromatic nitrogens is 1. The molecule has 0 fully saturated rings. The number of aryl methyl sites for hydroxylation is 1. The zero-order valence-corrected chi connectivity index (χ0v) is 12.6. The first-order valence-corrected chi connectivity index (χ1v) is 7.09. The Balaban J connectivity index is 2.03. The number of hydrogen-bond donors (Lipinski definition) is 2. The molecule has 0 aliphatic carbocycles. The smallest absolute Gasteiger partial charge is 0.395 e. The molecule has 0 bridgehead atoms. The van der Waals surface area contributed by atoms with Crippen molar-refractivity contribution < 1.29 is 18.3 Å². The number of nitrogens with one attached hydrogen (secondary N) is 2. The van der Waals surface area contributed by atoms with Crippen LogP contribution in [0.1, 0.15) is 24.2 Å². The van der Waals surface area contributed by atoms with Gasteiger partial charge in [0.25, 0.3) is 0 Å². The first-order valence-electron chi connectivity index (χ1n) is 7.09. The van der Waals surface area contributed by atoms with Gasteiger partial charge in [0.2, 0.25) is 6.17 Å². The molecule has 9 heteroatoms. The van der Waals surface area contributed by atoms with Crippen molar-refractivity contribution in [2.45, 2.75) is 25.8 Å². The second-order valence-corrected chi connectivity index (χ2v) is 5.08. The fourth-order valence-electron chi connectivity index (χ4n) is 2.47. The summed E-state index contributed by atoms with van der Waals surface area (Å²) in [5.41, 5.74) is 16.7. The van der Waals surface area contributed by atoms with Gasteiger partial charge < -0.3 is 9.47 Å². The number of hydrogen-bond acceptors (Lipinski definition) is 7. The Labute approximate surface area is 135 Å². The summed E-state index contributed by atoms with van der Waals surface area (Å²) < 4.78 is 35.0. The molecule has 124 valence electrons. The number of benzene rings is 1. The highest BCUT2D eigenvalue weighted by atomic mass is 19.3. The highest BCUT2D eigenvalue weighted by Crippen LogP contribution is 2.43. The van der Waals surface area contributed by atoms with Crippen LogP contribution in [-0.2, 0) is 6.42 Å². The highest BCUT2D eigenvalue weighted by Gasteiger charge is 2.43. The minimum Gasteiger partial charge on any atom is -0.395 e. The topological polar surface area (TPSA) is 104 Å². The Morgan fingerprint density at radius 1 is 1.17 bits per heavy atom. The molecule has 1 aromatic carbocycles. The van der Waals surface area contributed by atoms with E-state index in [0.29, 0.717) is 23.2 Å². The van der Waals surface area contributed by atoms with Crippen molar-refractivity contribution in [1.82, 2.24) is 4.98 Å². The van der Waals surface area contributed by atoms with E-state index in [1.165, 1.54) is 12.1 Å². The lowest BCUT2D eigenvalue weighted by Crippen LogP contribution is -2.25. The summed E-state index contributed by atoms with van der Waals surface area (Å²) >= 11 is 0. The van der Waals surface area contributed by atoms with Gasteiger partial charge in [0.15, 0.2) is 11.5 Å². The van der Waals surface area contributed by atoms with Gasteiger partial charge in [0, 0.05) is 17.3 Å². The van der Waals surface area contributed by atoms with E-state index in [-0.39, 0.29) is 11.5 Å². The average molecular weight is 333 g/mol. The zero-order chi connectivity index (χ0) is 17.3. The minimum absolute atomic E-state index is 0.0469. The molecule has 3 rings (SSSR count). The quantitative estimate of drug-likeness (QED) is 0.775. The predicted molar refractivity (Wildman–Crippen MR) is 78.3 cm³/mol. The zero-order valence-electron chi connectivity index (χ0n) is 12.6. The molecule has 0 spiro atoms. The summed E-state index contributed by atoms with van der Waals surface area (Å²) in [6, 6.07) is 6.00. The van der Waals surface area contributed by atoms with E-state index in [2.05, 4.69) is 24.7 Å². The van der Waals surface area contributed by atoms with E-state index in [0.717, 1.165) is 5.56 Å². The molecule has 0 unspecified atom stereocenters. The summed E-state index contributed by atoms with van der Waals surface area (Å²) in [4.78, 5) is 4.30. The molecule has 2 N–H and O–H groups in total. The van der Waals surface area contributed by atoms with Crippen molar-refractivity contribution in [2.24, 2.45) is 10.2 Å². The van der Waals surface area contributed by atoms with Crippen LogP contribution in [0.25, 0.3) is 11.3 Å². The first-order chi connectivity index (χ1) is 11.5. The third kappa shape index (κ3) is 2.80. The fraction of sp³-hybridized carbons (Fsp3) is 0.267. The number of rotatable bonds is 5. The van der Waals surface area contributed by atoms with Crippen LogP contribution in [0.3, 0.4) is 0 Å². The molecule has 0 saturated heterocycles. The number of nitrogens with zero attached hydrogens (tertiary/aromatic N) is 3. The largest absolute Gasteiger partial charge is 0.586 e. The first kappa shape index (κ1) is 15.9. The maximum atomic E-state index is 13.1.